The van der Waals surface area contributed by atoms with Gasteiger partial charge in [0.25, 0.3) is 0 Å². The number of phosphoric ester groups is 1. The van der Waals surface area contributed by atoms with Crippen molar-refractivity contribution in [3.8, 4) is 0 Å². The van der Waals surface area contributed by atoms with Crippen molar-refractivity contribution in [1.29, 1.82) is 0 Å². The van der Waals surface area contributed by atoms with Gasteiger partial charge in [0.15, 0.2) is 0 Å². The molecule has 0 aliphatic carbocycles. The van der Waals surface area contributed by atoms with Gasteiger partial charge in [0.2, 0.25) is 0 Å². The zero-order valence-corrected chi connectivity index (χ0v) is 12.1. The van der Waals surface area contributed by atoms with E-state index in [9.17, 15) is 14.2 Å². The number of carbonyl (C=O) groups is 2. The summed E-state index contributed by atoms with van der Waals surface area (Å²) in [6.45, 7) is 8.49. The maximum absolute atomic E-state index is 11.2. The van der Waals surface area contributed by atoms with Gasteiger partial charge in [-0.1, -0.05) is 13.2 Å². The molecule has 0 saturated heterocycles. The molecule has 0 spiro atoms. The van der Waals surface area contributed by atoms with E-state index in [0.29, 0.717) is 0 Å². The van der Waals surface area contributed by atoms with Crippen molar-refractivity contribution in [2.24, 2.45) is 0 Å². The lowest BCUT2D eigenvalue weighted by Gasteiger charge is -2.18. The van der Waals surface area contributed by atoms with Crippen molar-refractivity contribution in [3.05, 3.63) is 24.3 Å². The predicted molar refractivity (Wildman–Crippen MR) is 68.5 cm³/mol. The van der Waals surface area contributed by atoms with Crippen LogP contribution in [0, 0.1) is 0 Å². The number of carbonyl (C=O) groups excluding carboxylic acids is 2. The van der Waals surface area contributed by atoms with Crippen molar-refractivity contribution < 1.29 is 37.9 Å². The van der Waals surface area contributed by atoms with E-state index in [0.717, 1.165) is 0 Å². The van der Waals surface area contributed by atoms with Gasteiger partial charge in [-0.25, -0.2) is 14.2 Å². The Kier molecular flexibility index (Phi) is 7.38. The summed E-state index contributed by atoms with van der Waals surface area (Å²) in [5.41, 5.74) is 0.220. The fraction of sp³-hybridized carbons (Fsp3) is 0.455. The molecule has 0 atom stereocenters. The molecule has 9 heteroatoms. The van der Waals surface area contributed by atoms with Crippen LogP contribution in [0.4, 0.5) is 0 Å². The number of hydrogen-bond donors (Lipinski definition) is 2. The van der Waals surface area contributed by atoms with E-state index < -0.39 is 39.1 Å². The molecule has 0 heterocycles. The summed E-state index contributed by atoms with van der Waals surface area (Å²) in [4.78, 5) is 39.8. The van der Waals surface area contributed by atoms with Crippen LogP contribution in [-0.4, -0.2) is 41.0 Å². The number of hydrogen-bond acceptors (Lipinski definition) is 6. The molecule has 0 aliphatic heterocycles. The van der Waals surface area contributed by atoms with Crippen molar-refractivity contribution >= 4 is 19.8 Å². The second-order valence-electron chi connectivity index (χ2n) is 3.98. The second kappa shape index (κ2) is 7.96. The third-order valence-electron chi connectivity index (χ3n) is 1.78. The normalized spacial score (nSPS) is 11.1. The molecule has 0 bridgehead atoms. The van der Waals surface area contributed by atoms with Crippen LogP contribution in [0.3, 0.4) is 0 Å². The molecule has 0 aliphatic rings. The Labute approximate surface area is 116 Å². The summed E-state index contributed by atoms with van der Waals surface area (Å²) in [7, 11) is -4.82. The maximum atomic E-state index is 11.2. The van der Waals surface area contributed by atoms with Gasteiger partial charge in [0.1, 0.15) is 19.3 Å². The van der Waals surface area contributed by atoms with Crippen molar-refractivity contribution in [3.63, 3.8) is 0 Å². The highest BCUT2D eigenvalue weighted by Gasteiger charge is 2.25. The van der Waals surface area contributed by atoms with E-state index in [-0.39, 0.29) is 11.1 Å². The van der Waals surface area contributed by atoms with Crippen LogP contribution in [0.25, 0.3) is 0 Å². The van der Waals surface area contributed by atoms with Gasteiger partial charge in [0, 0.05) is 11.1 Å². The smallest absolute Gasteiger partial charge is 0.459 e. The molecule has 0 aromatic rings. The number of rotatable bonds is 8. The van der Waals surface area contributed by atoms with Crippen molar-refractivity contribution in [2.45, 2.75) is 20.0 Å². The Morgan fingerprint density at radius 3 is 1.65 bits per heavy atom. The Bertz CT molecular complexity index is 419. The molecule has 0 aromatic carbocycles. The first-order chi connectivity index (χ1) is 9.03. The average Bonchev–Trinajstić information content (AvgIpc) is 2.29. The summed E-state index contributed by atoms with van der Waals surface area (Å²) >= 11 is 0. The van der Waals surface area contributed by atoms with Gasteiger partial charge in [-0.3, -0.25) is 4.52 Å². The largest absolute Gasteiger partial charge is 0.470 e. The summed E-state index contributed by atoms with van der Waals surface area (Å²) in [5, 5.41) is 0. The molecule has 20 heavy (non-hydrogen) atoms. The van der Waals surface area contributed by atoms with Gasteiger partial charge < -0.3 is 19.3 Å². The number of phosphoric acid groups is 1. The van der Waals surface area contributed by atoms with Crippen LogP contribution in [0.1, 0.15) is 13.8 Å². The maximum Gasteiger partial charge on any atom is 0.470 e. The number of esters is 2. The summed E-state index contributed by atoms with van der Waals surface area (Å²) in [6.07, 6.45) is -1.30. The van der Waals surface area contributed by atoms with E-state index >= 15 is 0 Å². The van der Waals surface area contributed by atoms with E-state index in [1.807, 2.05) is 0 Å². The molecule has 114 valence electrons. The molecular weight excluding hydrogens is 291 g/mol. The summed E-state index contributed by atoms with van der Waals surface area (Å²) < 4.78 is 24.5. The number of ether oxygens (including phenoxy) is 2. The molecule has 8 nitrogen and oxygen atoms in total. The Balaban J connectivity index is 4.53. The van der Waals surface area contributed by atoms with Gasteiger partial charge in [-0.05, 0) is 13.8 Å². The lowest BCUT2D eigenvalue weighted by molar-refractivity contribution is -0.147. The van der Waals surface area contributed by atoms with E-state index in [1.165, 1.54) is 13.8 Å². The first kappa shape index (κ1) is 18.5. The van der Waals surface area contributed by atoms with Crippen molar-refractivity contribution in [2.75, 3.05) is 13.2 Å². The van der Waals surface area contributed by atoms with Gasteiger partial charge >= 0.3 is 19.8 Å². The second-order valence-corrected chi connectivity index (χ2v) is 5.17. The zero-order valence-electron chi connectivity index (χ0n) is 11.2. The monoisotopic (exact) mass is 308 g/mol. The highest BCUT2D eigenvalue weighted by atomic mass is 31.2. The molecule has 2 N–H and O–H groups in total. The molecular formula is C11H17O8P. The van der Waals surface area contributed by atoms with Crippen LogP contribution in [0.15, 0.2) is 24.3 Å². The molecule has 0 amide bonds. The molecule has 0 aromatic heterocycles. The first-order valence-corrected chi connectivity index (χ1v) is 6.95. The molecule has 0 fully saturated rings. The minimum atomic E-state index is -4.82. The van der Waals surface area contributed by atoms with Crippen LogP contribution >= 0.6 is 7.82 Å². The highest BCUT2D eigenvalue weighted by Crippen LogP contribution is 2.37. The van der Waals surface area contributed by atoms with Gasteiger partial charge in [-0.15, -0.1) is 0 Å². The minimum absolute atomic E-state index is 0.110. The van der Waals surface area contributed by atoms with E-state index in [2.05, 4.69) is 27.2 Å². The molecule has 0 unspecified atom stereocenters. The van der Waals surface area contributed by atoms with Gasteiger partial charge in [0.05, 0.1) is 0 Å². The van der Waals surface area contributed by atoms with E-state index in [4.69, 9.17) is 9.79 Å². The Hall–Kier alpha value is -1.47. The van der Waals surface area contributed by atoms with Crippen molar-refractivity contribution in [1.82, 2.24) is 0 Å². The van der Waals surface area contributed by atoms with Gasteiger partial charge in [-0.2, -0.15) is 0 Å². The third kappa shape index (κ3) is 8.60. The van der Waals surface area contributed by atoms with Crippen LogP contribution in [0.2, 0.25) is 0 Å². The molecule has 0 radical (unpaired) electrons. The highest BCUT2D eigenvalue weighted by molar-refractivity contribution is 7.46. The molecule has 0 rings (SSSR count). The SMILES string of the molecule is C=C(C)C(=O)OCC(COC(=O)C(=C)C)OP(=O)(O)O. The quantitative estimate of drug-likeness (QED) is 0.382. The lowest BCUT2D eigenvalue weighted by Crippen LogP contribution is -2.28. The minimum Gasteiger partial charge on any atom is -0.459 e. The summed E-state index contributed by atoms with van der Waals surface area (Å²) in [5.74, 6) is -1.51. The topological polar surface area (TPSA) is 119 Å². The average molecular weight is 308 g/mol. The predicted octanol–water partition coefficient (Wildman–Crippen LogP) is 0.703. The Morgan fingerprint density at radius 1 is 1.05 bits per heavy atom. The Morgan fingerprint density at radius 2 is 1.40 bits per heavy atom. The van der Waals surface area contributed by atoms with Crippen LogP contribution in [0.5, 0.6) is 0 Å². The fourth-order valence-corrected chi connectivity index (χ4v) is 1.40. The lowest BCUT2D eigenvalue weighted by atomic mass is 10.3. The first-order valence-electron chi connectivity index (χ1n) is 5.42. The van der Waals surface area contributed by atoms with Crippen LogP contribution < -0.4 is 0 Å². The molecule has 0 saturated carbocycles. The zero-order chi connectivity index (χ0) is 15.9. The summed E-state index contributed by atoms with van der Waals surface area (Å²) in [6, 6.07) is 0. The van der Waals surface area contributed by atoms with Crippen LogP contribution in [-0.2, 0) is 28.2 Å². The fourth-order valence-electron chi connectivity index (χ4n) is 0.887. The third-order valence-corrected chi connectivity index (χ3v) is 2.36. The standard InChI is InChI=1S/C11H17O8P/c1-7(2)10(12)17-5-9(19-20(14,15)16)6-18-11(13)8(3)4/h9H,1,3,5-6H2,2,4H3,(H2,14,15,16). The van der Waals surface area contributed by atoms with E-state index in [1.54, 1.807) is 0 Å².